The maximum atomic E-state index is 10.3. The first-order chi connectivity index (χ1) is 13.1. The Balaban J connectivity index is 1.88. The molecule has 3 aromatic carbocycles. The number of hydrogen-bond donors (Lipinski definition) is 0. The fraction of sp³-hybridized carbons (Fsp3) is 0.0870. The maximum Gasteiger partial charge on any atom is 0.150 e. The van der Waals surface area contributed by atoms with E-state index in [9.17, 15) is 5.26 Å². The zero-order valence-electron chi connectivity index (χ0n) is 14.3. The summed E-state index contributed by atoms with van der Waals surface area (Å²) < 4.78 is 6.33. The molecule has 132 valence electrons. The second-order valence-corrected chi connectivity index (χ2v) is 7.28. The summed E-state index contributed by atoms with van der Waals surface area (Å²) in [4.78, 5) is 0. The third kappa shape index (κ3) is 3.21. The van der Waals surface area contributed by atoms with Gasteiger partial charge in [0.1, 0.15) is 11.2 Å². The van der Waals surface area contributed by atoms with Gasteiger partial charge in [0.25, 0.3) is 0 Å². The van der Waals surface area contributed by atoms with Gasteiger partial charge in [-0.25, -0.2) is 0 Å². The Morgan fingerprint density at radius 3 is 2.00 bits per heavy atom. The van der Waals surface area contributed by atoms with Crippen molar-refractivity contribution in [2.24, 2.45) is 0 Å². The molecule has 1 aliphatic rings. The minimum atomic E-state index is -0.969. The fourth-order valence-electron chi connectivity index (χ4n) is 3.37. The van der Waals surface area contributed by atoms with Crippen LogP contribution in [-0.2, 0) is 10.2 Å². The van der Waals surface area contributed by atoms with Crippen LogP contribution < -0.4 is 0 Å². The van der Waals surface area contributed by atoms with Crippen LogP contribution in [0.2, 0.25) is 10.0 Å². The van der Waals surface area contributed by atoms with Gasteiger partial charge in [0, 0.05) is 15.6 Å². The standard InChI is InChI=1S/C23H15Cl2NO/c24-19-10-6-17(7-11-19)22-23(15-26,18-8-12-20(25)13-9-18)14-21(27-22)16-4-2-1-3-5-16/h1-14,22H/t22-,23-/m1/s1. The van der Waals surface area contributed by atoms with Gasteiger partial charge in [-0.2, -0.15) is 5.26 Å². The number of nitriles is 1. The molecular weight excluding hydrogens is 377 g/mol. The highest BCUT2D eigenvalue weighted by Crippen LogP contribution is 2.50. The molecule has 0 spiro atoms. The molecule has 0 amide bonds. The highest BCUT2D eigenvalue weighted by Gasteiger charge is 2.47. The molecule has 0 radical (unpaired) electrons. The van der Waals surface area contributed by atoms with Crippen LogP contribution in [0, 0.1) is 11.3 Å². The van der Waals surface area contributed by atoms with Gasteiger partial charge in [0.05, 0.1) is 6.07 Å². The fourth-order valence-corrected chi connectivity index (χ4v) is 3.63. The van der Waals surface area contributed by atoms with E-state index in [1.165, 1.54) is 0 Å². The highest BCUT2D eigenvalue weighted by molar-refractivity contribution is 6.30. The summed E-state index contributed by atoms with van der Waals surface area (Å²) in [6, 6.07) is 27.1. The third-order valence-electron chi connectivity index (χ3n) is 4.76. The van der Waals surface area contributed by atoms with Crippen LogP contribution in [-0.4, -0.2) is 0 Å². The van der Waals surface area contributed by atoms with Crippen LogP contribution in [0.5, 0.6) is 0 Å². The van der Waals surface area contributed by atoms with Crippen LogP contribution in [0.15, 0.2) is 84.9 Å². The maximum absolute atomic E-state index is 10.3. The van der Waals surface area contributed by atoms with Crippen molar-refractivity contribution in [3.8, 4) is 6.07 Å². The molecule has 1 aliphatic heterocycles. The van der Waals surface area contributed by atoms with Gasteiger partial charge in [0.2, 0.25) is 0 Å². The lowest BCUT2D eigenvalue weighted by Crippen LogP contribution is -2.27. The molecule has 3 aromatic rings. The molecule has 2 nitrogen and oxygen atoms in total. The zero-order chi connectivity index (χ0) is 18.9. The van der Waals surface area contributed by atoms with Gasteiger partial charge in [-0.1, -0.05) is 77.8 Å². The summed E-state index contributed by atoms with van der Waals surface area (Å²) in [5, 5.41) is 11.5. The second-order valence-electron chi connectivity index (χ2n) is 6.41. The molecule has 1 heterocycles. The summed E-state index contributed by atoms with van der Waals surface area (Å²) >= 11 is 12.1. The Morgan fingerprint density at radius 1 is 0.815 bits per heavy atom. The van der Waals surface area contributed by atoms with E-state index < -0.39 is 11.5 Å². The van der Waals surface area contributed by atoms with E-state index in [4.69, 9.17) is 27.9 Å². The Kier molecular flexibility index (Phi) is 4.66. The van der Waals surface area contributed by atoms with Crippen LogP contribution in [0.1, 0.15) is 22.8 Å². The van der Waals surface area contributed by atoms with Crippen LogP contribution >= 0.6 is 23.2 Å². The van der Waals surface area contributed by atoms with E-state index in [1.807, 2.05) is 72.8 Å². The van der Waals surface area contributed by atoms with Crippen LogP contribution in [0.25, 0.3) is 5.76 Å². The van der Waals surface area contributed by atoms with Crippen molar-refractivity contribution >= 4 is 29.0 Å². The van der Waals surface area contributed by atoms with Gasteiger partial charge in [0.15, 0.2) is 6.10 Å². The molecular formula is C23H15Cl2NO. The molecule has 0 unspecified atom stereocenters. The van der Waals surface area contributed by atoms with E-state index in [-0.39, 0.29) is 0 Å². The van der Waals surface area contributed by atoms with Gasteiger partial charge in [-0.05, 0) is 41.5 Å². The lowest BCUT2D eigenvalue weighted by Gasteiger charge is -2.27. The molecule has 0 aromatic heterocycles. The largest absolute Gasteiger partial charge is 0.483 e. The van der Waals surface area contributed by atoms with Crippen molar-refractivity contribution in [1.29, 1.82) is 5.26 Å². The number of halogens is 2. The molecule has 27 heavy (non-hydrogen) atoms. The summed E-state index contributed by atoms with van der Waals surface area (Å²) in [6.07, 6.45) is 1.42. The number of benzene rings is 3. The van der Waals surface area contributed by atoms with Crippen molar-refractivity contribution in [2.45, 2.75) is 11.5 Å². The predicted molar refractivity (Wildman–Crippen MR) is 108 cm³/mol. The zero-order valence-corrected chi connectivity index (χ0v) is 15.8. The molecule has 0 saturated carbocycles. The third-order valence-corrected chi connectivity index (χ3v) is 5.26. The van der Waals surface area contributed by atoms with Crippen molar-refractivity contribution in [3.63, 3.8) is 0 Å². The lowest BCUT2D eigenvalue weighted by molar-refractivity contribution is 0.155. The van der Waals surface area contributed by atoms with Crippen molar-refractivity contribution in [2.75, 3.05) is 0 Å². The quantitative estimate of drug-likeness (QED) is 0.505. The molecule has 4 heteroatoms. The van der Waals surface area contributed by atoms with Gasteiger partial charge in [-0.3, -0.25) is 0 Å². The average Bonchev–Trinajstić information content (AvgIpc) is 3.11. The smallest absolute Gasteiger partial charge is 0.150 e. The number of hydrogen-bond acceptors (Lipinski definition) is 2. The molecule has 0 aliphatic carbocycles. The van der Waals surface area contributed by atoms with E-state index in [1.54, 1.807) is 12.1 Å². The Morgan fingerprint density at radius 2 is 1.41 bits per heavy atom. The predicted octanol–water partition coefficient (Wildman–Crippen LogP) is 6.57. The van der Waals surface area contributed by atoms with Crippen molar-refractivity contribution < 1.29 is 4.74 Å². The average molecular weight is 392 g/mol. The van der Waals surface area contributed by atoms with Crippen LogP contribution in [0.4, 0.5) is 0 Å². The summed E-state index contributed by atoms with van der Waals surface area (Å²) in [5.74, 6) is 0.687. The van der Waals surface area contributed by atoms with Gasteiger partial charge < -0.3 is 4.74 Å². The highest BCUT2D eigenvalue weighted by atomic mass is 35.5. The molecule has 2 atom stereocenters. The van der Waals surface area contributed by atoms with Gasteiger partial charge in [-0.15, -0.1) is 0 Å². The van der Waals surface area contributed by atoms with E-state index >= 15 is 0 Å². The Bertz CT molecular complexity index is 1020. The molecule has 4 rings (SSSR count). The first kappa shape index (κ1) is 17.7. The molecule has 0 N–H and O–H groups in total. The summed E-state index contributed by atoms with van der Waals surface area (Å²) in [6.45, 7) is 0. The SMILES string of the molecule is N#C[C@@]1(c2ccc(Cl)cc2)C=C(c2ccccc2)O[C@@H]1c1ccc(Cl)cc1. The van der Waals surface area contributed by atoms with Crippen LogP contribution in [0.3, 0.4) is 0 Å². The Labute approximate surface area is 168 Å². The minimum Gasteiger partial charge on any atom is -0.483 e. The minimum absolute atomic E-state index is 0.490. The van der Waals surface area contributed by atoms with E-state index in [0.717, 1.165) is 16.7 Å². The van der Waals surface area contributed by atoms with Crippen molar-refractivity contribution in [1.82, 2.24) is 0 Å². The number of nitrogens with zero attached hydrogens (tertiary/aromatic N) is 1. The summed E-state index contributed by atoms with van der Waals surface area (Å²) in [5.41, 5.74) is 1.68. The number of ether oxygens (including phenoxy) is 1. The second kappa shape index (κ2) is 7.12. The first-order valence-electron chi connectivity index (χ1n) is 8.50. The molecule has 0 fully saturated rings. The van der Waals surface area contributed by atoms with Crippen molar-refractivity contribution in [3.05, 3.63) is 112 Å². The molecule has 0 bridgehead atoms. The monoisotopic (exact) mass is 391 g/mol. The van der Waals surface area contributed by atoms with E-state index in [2.05, 4.69) is 6.07 Å². The van der Waals surface area contributed by atoms with Gasteiger partial charge >= 0.3 is 0 Å². The first-order valence-corrected chi connectivity index (χ1v) is 9.26. The number of rotatable bonds is 3. The van der Waals surface area contributed by atoms with E-state index in [0.29, 0.717) is 15.8 Å². The lowest BCUT2D eigenvalue weighted by atomic mass is 9.75. The topological polar surface area (TPSA) is 33.0 Å². The normalized spacial score (nSPS) is 21.2. The molecule has 0 saturated heterocycles. The Hall–Kier alpha value is -2.73. The summed E-state index contributed by atoms with van der Waals surface area (Å²) in [7, 11) is 0.